The van der Waals surface area contributed by atoms with Crippen molar-refractivity contribution in [2.24, 2.45) is 5.92 Å². The van der Waals surface area contributed by atoms with Crippen LogP contribution in [0.15, 0.2) is 36.5 Å². The molecule has 2 atom stereocenters. The molecule has 5 rings (SSSR count). The molecule has 180 valence electrons. The van der Waals surface area contributed by atoms with Crippen molar-refractivity contribution in [1.82, 2.24) is 19.8 Å². The van der Waals surface area contributed by atoms with Crippen molar-refractivity contribution in [2.45, 2.75) is 31.0 Å². The molecule has 0 bridgehead atoms. The highest BCUT2D eigenvalue weighted by atomic mass is 19.4. The first-order chi connectivity index (χ1) is 16.3. The van der Waals surface area contributed by atoms with Crippen molar-refractivity contribution < 1.29 is 32.2 Å². The van der Waals surface area contributed by atoms with Crippen LogP contribution in [0.3, 0.4) is 0 Å². The molecule has 0 aliphatic carbocycles. The summed E-state index contributed by atoms with van der Waals surface area (Å²) < 4.78 is 49.3. The number of urea groups is 1. The van der Waals surface area contributed by atoms with E-state index in [-0.39, 0.29) is 42.4 Å². The number of nitrogens with zero attached hydrogens (tertiary/aromatic N) is 4. The van der Waals surface area contributed by atoms with Crippen molar-refractivity contribution in [2.75, 3.05) is 32.8 Å². The number of carbonyl (C=O) groups is 2. The third-order valence-electron chi connectivity index (χ3n) is 6.52. The van der Waals surface area contributed by atoms with Gasteiger partial charge in [0.25, 0.3) is 0 Å². The first-order valence-corrected chi connectivity index (χ1v) is 11.1. The minimum absolute atomic E-state index is 0.0191. The number of hydrogen-bond acceptors (Lipinski definition) is 6. The van der Waals surface area contributed by atoms with Crippen LogP contribution in [-0.4, -0.2) is 70.5 Å². The zero-order valence-electron chi connectivity index (χ0n) is 18.2. The van der Waals surface area contributed by atoms with Crippen molar-refractivity contribution in [1.29, 1.82) is 0 Å². The van der Waals surface area contributed by atoms with E-state index in [4.69, 9.17) is 9.47 Å². The lowest BCUT2D eigenvalue weighted by atomic mass is 9.87. The van der Waals surface area contributed by atoms with Gasteiger partial charge in [-0.05, 0) is 30.2 Å². The van der Waals surface area contributed by atoms with Gasteiger partial charge in [0, 0.05) is 50.6 Å². The molecule has 0 unspecified atom stereocenters. The maximum absolute atomic E-state index is 12.9. The first kappa shape index (κ1) is 22.6. The highest BCUT2D eigenvalue weighted by molar-refractivity contribution is 5.81. The molecule has 2 amide bonds. The standard InChI is InChI=1S/C23H23F3N4O4/c24-23(25,26)20-5-7-27-21(28-20)34-18-3-1-14(2-4-18)16-11-30(12-16)22(32)29-8-6-19-15(10-29)9-17(31)13-33-19/h1-5,7,15-16,19H,6,8-13H2/t15-,19+/m1/s1. The lowest BCUT2D eigenvalue weighted by molar-refractivity contribution is -0.141. The van der Waals surface area contributed by atoms with Crippen molar-refractivity contribution in [3.63, 3.8) is 0 Å². The quantitative estimate of drug-likeness (QED) is 0.675. The van der Waals surface area contributed by atoms with Gasteiger partial charge in [0.05, 0.1) is 6.10 Å². The fourth-order valence-corrected chi connectivity index (χ4v) is 4.66. The molecular weight excluding hydrogens is 453 g/mol. The molecule has 0 saturated carbocycles. The van der Waals surface area contributed by atoms with E-state index in [0.29, 0.717) is 38.3 Å². The monoisotopic (exact) mass is 476 g/mol. The van der Waals surface area contributed by atoms with Crippen LogP contribution < -0.4 is 4.74 Å². The Hall–Kier alpha value is -3.21. The molecule has 34 heavy (non-hydrogen) atoms. The van der Waals surface area contributed by atoms with E-state index in [1.807, 2.05) is 17.0 Å². The molecule has 0 radical (unpaired) electrons. The van der Waals surface area contributed by atoms with Crippen molar-refractivity contribution >= 4 is 11.8 Å². The predicted molar refractivity (Wildman–Crippen MR) is 112 cm³/mol. The van der Waals surface area contributed by atoms with E-state index in [1.54, 1.807) is 17.0 Å². The molecule has 3 aliphatic rings. The Morgan fingerprint density at radius 1 is 1.09 bits per heavy atom. The van der Waals surface area contributed by atoms with Gasteiger partial charge in [0.2, 0.25) is 0 Å². The van der Waals surface area contributed by atoms with Gasteiger partial charge in [-0.25, -0.2) is 9.78 Å². The largest absolute Gasteiger partial charge is 0.433 e. The van der Waals surface area contributed by atoms with Crippen LogP contribution >= 0.6 is 0 Å². The van der Waals surface area contributed by atoms with Crippen LogP contribution in [0, 0.1) is 5.92 Å². The average molecular weight is 476 g/mol. The number of aromatic nitrogens is 2. The Labute approximate surface area is 193 Å². The molecule has 2 aromatic rings. The second-order valence-electron chi connectivity index (χ2n) is 8.86. The number of piperidine rings is 1. The molecule has 0 N–H and O–H groups in total. The second-order valence-corrected chi connectivity index (χ2v) is 8.86. The molecule has 0 spiro atoms. The number of carbonyl (C=O) groups excluding carboxylic acids is 2. The highest BCUT2D eigenvalue weighted by Crippen LogP contribution is 2.33. The fourth-order valence-electron chi connectivity index (χ4n) is 4.66. The Morgan fingerprint density at radius 3 is 2.59 bits per heavy atom. The number of likely N-dealkylation sites (tertiary alicyclic amines) is 2. The summed E-state index contributed by atoms with van der Waals surface area (Å²) in [7, 11) is 0. The van der Waals surface area contributed by atoms with Crippen molar-refractivity contribution in [3.8, 4) is 11.8 Å². The average Bonchev–Trinajstić information content (AvgIpc) is 2.78. The summed E-state index contributed by atoms with van der Waals surface area (Å²) in [5.74, 6) is 0.651. The minimum Gasteiger partial charge on any atom is -0.424 e. The maximum atomic E-state index is 12.9. The first-order valence-electron chi connectivity index (χ1n) is 11.1. The summed E-state index contributed by atoms with van der Waals surface area (Å²) in [4.78, 5) is 35.3. The van der Waals surface area contributed by atoms with E-state index in [9.17, 15) is 22.8 Å². The van der Waals surface area contributed by atoms with E-state index < -0.39 is 11.9 Å². The normalized spacial score (nSPS) is 23.3. The number of rotatable bonds is 3. The molecule has 3 saturated heterocycles. The van der Waals surface area contributed by atoms with Gasteiger partial charge < -0.3 is 19.3 Å². The van der Waals surface area contributed by atoms with E-state index in [2.05, 4.69) is 9.97 Å². The van der Waals surface area contributed by atoms with Gasteiger partial charge in [0.15, 0.2) is 11.5 Å². The van der Waals surface area contributed by atoms with Gasteiger partial charge in [0.1, 0.15) is 12.4 Å². The summed E-state index contributed by atoms with van der Waals surface area (Å²) in [5.41, 5.74) is -0.0634. The van der Waals surface area contributed by atoms with E-state index >= 15 is 0 Å². The summed E-state index contributed by atoms with van der Waals surface area (Å²) in [5, 5.41) is 0. The van der Waals surface area contributed by atoms with Gasteiger partial charge in [-0.2, -0.15) is 18.2 Å². The van der Waals surface area contributed by atoms with Crippen LogP contribution in [-0.2, 0) is 15.7 Å². The smallest absolute Gasteiger partial charge is 0.424 e. The Balaban J connectivity index is 1.14. The van der Waals surface area contributed by atoms with Crippen LogP contribution in [0.4, 0.5) is 18.0 Å². The predicted octanol–water partition coefficient (Wildman–Crippen LogP) is 3.49. The lowest BCUT2D eigenvalue weighted by Crippen LogP contribution is -2.58. The van der Waals surface area contributed by atoms with Gasteiger partial charge in [-0.3, -0.25) is 4.79 Å². The van der Waals surface area contributed by atoms with Gasteiger partial charge in [-0.15, -0.1) is 0 Å². The molecular formula is C23H23F3N4O4. The third kappa shape index (κ3) is 4.70. The van der Waals surface area contributed by atoms with Crippen LogP contribution in [0.1, 0.15) is 30.0 Å². The number of halogens is 3. The van der Waals surface area contributed by atoms with E-state index in [0.717, 1.165) is 24.2 Å². The van der Waals surface area contributed by atoms with Crippen molar-refractivity contribution in [3.05, 3.63) is 47.8 Å². The Morgan fingerprint density at radius 2 is 1.85 bits per heavy atom. The summed E-state index contributed by atoms with van der Waals surface area (Å²) in [6.45, 7) is 2.50. The number of alkyl halides is 3. The number of ether oxygens (including phenoxy) is 2. The zero-order valence-corrected chi connectivity index (χ0v) is 18.2. The number of Topliss-reactive ketones (excluding diaryl/α,β-unsaturated/α-hetero) is 1. The minimum atomic E-state index is -4.57. The van der Waals surface area contributed by atoms with Gasteiger partial charge >= 0.3 is 18.2 Å². The topological polar surface area (TPSA) is 84.9 Å². The molecule has 4 heterocycles. The van der Waals surface area contributed by atoms with Gasteiger partial charge in [-0.1, -0.05) is 12.1 Å². The number of ketones is 1. The molecule has 3 aliphatic heterocycles. The number of hydrogen-bond donors (Lipinski definition) is 0. The van der Waals surface area contributed by atoms with E-state index in [1.165, 1.54) is 0 Å². The van der Waals surface area contributed by atoms with Crippen LogP contribution in [0.2, 0.25) is 0 Å². The Bertz CT molecular complexity index is 1070. The lowest BCUT2D eigenvalue weighted by Gasteiger charge is -2.46. The number of amides is 2. The SMILES string of the molecule is O=C1CO[C@H]2CCN(C(=O)N3CC(c4ccc(Oc5nccc(C(F)(F)F)n5)cc4)C3)C[C@H]2C1. The number of fused-ring (bicyclic) bond motifs is 1. The third-order valence-corrected chi connectivity index (χ3v) is 6.52. The molecule has 3 fully saturated rings. The number of benzene rings is 1. The summed E-state index contributed by atoms with van der Waals surface area (Å²) in [6, 6.07) is 7.33. The zero-order chi connectivity index (χ0) is 23.9. The maximum Gasteiger partial charge on any atom is 0.433 e. The highest BCUT2D eigenvalue weighted by Gasteiger charge is 2.40. The summed E-state index contributed by atoms with van der Waals surface area (Å²) in [6.07, 6.45) is -2.29. The summed E-state index contributed by atoms with van der Waals surface area (Å²) >= 11 is 0. The molecule has 11 heteroatoms. The molecule has 8 nitrogen and oxygen atoms in total. The van der Waals surface area contributed by atoms with Crippen LogP contribution in [0.5, 0.6) is 11.8 Å². The fraction of sp³-hybridized carbons (Fsp3) is 0.478. The van der Waals surface area contributed by atoms with Crippen LogP contribution in [0.25, 0.3) is 0 Å². The molecule has 1 aromatic carbocycles. The second kappa shape index (κ2) is 8.86. The Kier molecular flexibility index (Phi) is 5.88. The molecule has 1 aromatic heterocycles.